The number of thiocarbonyl (C=S) groups is 1. The van der Waals surface area contributed by atoms with Crippen LogP contribution in [0.5, 0.6) is 0 Å². The number of benzene rings is 1. The summed E-state index contributed by atoms with van der Waals surface area (Å²) in [6.07, 6.45) is 8.89. The third kappa shape index (κ3) is 3.40. The van der Waals surface area contributed by atoms with Gasteiger partial charge in [0.1, 0.15) is 0 Å². The molecule has 3 aromatic rings. The van der Waals surface area contributed by atoms with Crippen LogP contribution in [0.2, 0.25) is 5.02 Å². The highest BCUT2D eigenvalue weighted by Crippen LogP contribution is 2.43. The highest BCUT2D eigenvalue weighted by atomic mass is 35.5. The molecule has 154 valence electrons. The predicted molar refractivity (Wildman–Crippen MR) is 125 cm³/mol. The molecule has 2 aliphatic rings. The molecule has 1 N–H and O–H groups in total. The maximum Gasteiger partial charge on any atom is 0.170 e. The van der Waals surface area contributed by atoms with Crippen LogP contribution in [0.4, 0.5) is 0 Å². The quantitative estimate of drug-likeness (QED) is 0.528. The van der Waals surface area contributed by atoms with E-state index in [0.717, 1.165) is 27.1 Å². The third-order valence-corrected chi connectivity index (χ3v) is 7.11. The molecule has 2 aromatic heterocycles. The summed E-state index contributed by atoms with van der Waals surface area (Å²) in [4.78, 5) is 7.11. The van der Waals surface area contributed by atoms with E-state index in [2.05, 4.69) is 56.3 Å². The first-order chi connectivity index (χ1) is 14.6. The summed E-state index contributed by atoms with van der Waals surface area (Å²) < 4.78 is 2.27. The van der Waals surface area contributed by atoms with Crippen molar-refractivity contribution in [2.45, 2.75) is 50.7 Å². The summed E-state index contributed by atoms with van der Waals surface area (Å²) in [5, 5.41) is 5.22. The molecule has 30 heavy (non-hydrogen) atoms. The van der Waals surface area contributed by atoms with E-state index >= 15 is 0 Å². The fourth-order valence-corrected chi connectivity index (χ4v) is 5.41. The standard InChI is InChI=1S/C24H25ClN4S/c1-16-15-18(11-12-19(16)25)28-14-6-10-21(28)23-22(20-9-4-5-13-26-20)27-24(30)29(23)17-7-2-3-8-17/h4-6,9-15,17,22-23H,2-3,7-8H2,1H3,(H,27,30)/t22-,23+/m0/s1. The van der Waals surface area contributed by atoms with E-state index < -0.39 is 0 Å². The van der Waals surface area contributed by atoms with Gasteiger partial charge in [-0.25, -0.2) is 0 Å². The number of hydrogen-bond acceptors (Lipinski definition) is 2. The lowest BCUT2D eigenvalue weighted by molar-refractivity contribution is 0.239. The molecule has 0 bridgehead atoms. The van der Waals surface area contributed by atoms with Crippen LogP contribution in [0.1, 0.15) is 54.7 Å². The van der Waals surface area contributed by atoms with Crippen molar-refractivity contribution in [3.63, 3.8) is 0 Å². The average Bonchev–Trinajstić information content (AvgIpc) is 3.50. The zero-order valence-electron chi connectivity index (χ0n) is 17.0. The van der Waals surface area contributed by atoms with Crippen molar-refractivity contribution in [1.29, 1.82) is 0 Å². The minimum Gasteiger partial charge on any atom is -0.352 e. The van der Waals surface area contributed by atoms with Gasteiger partial charge in [-0.1, -0.05) is 30.5 Å². The second kappa shape index (κ2) is 8.05. The summed E-state index contributed by atoms with van der Waals surface area (Å²) in [6.45, 7) is 2.04. The van der Waals surface area contributed by atoms with Gasteiger partial charge < -0.3 is 14.8 Å². The van der Waals surface area contributed by atoms with Gasteiger partial charge in [0.2, 0.25) is 0 Å². The number of nitrogens with one attached hydrogen (secondary N) is 1. The van der Waals surface area contributed by atoms with Gasteiger partial charge in [-0.2, -0.15) is 0 Å². The van der Waals surface area contributed by atoms with E-state index in [1.54, 1.807) is 0 Å². The third-order valence-electron chi connectivity index (χ3n) is 6.36. The smallest absolute Gasteiger partial charge is 0.170 e. The van der Waals surface area contributed by atoms with E-state index in [1.807, 2.05) is 31.3 Å². The molecule has 0 radical (unpaired) electrons. The van der Waals surface area contributed by atoms with Gasteiger partial charge in [-0.3, -0.25) is 4.98 Å². The van der Waals surface area contributed by atoms with Crippen molar-refractivity contribution in [2.75, 3.05) is 0 Å². The molecule has 0 unspecified atom stereocenters. The van der Waals surface area contributed by atoms with Gasteiger partial charge in [-0.15, -0.1) is 0 Å². The predicted octanol–water partition coefficient (Wildman–Crippen LogP) is 5.75. The maximum absolute atomic E-state index is 6.29. The Morgan fingerprint density at radius 3 is 2.67 bits per heavy atom. The van der Waals surface area contributed by atoms with E-state index in [1.165, 1.54) is 31.4 Å². The Bertz CT molecular complexity index is 1060. The molecule has 6 heteroatoms. The number of nitrogens with zero attached hydrogens (tertiary/aromatic N) is 3. The highest BCUT2D eigenvalue weighted by Gasteiger charge is 2.44. The molecular formula is C24H25ClN4S. The largest absolute Gasteiger partial charge is 0.352 e. The van der Waals surface area contributed by atoms with Crippen molar-refractivity contribution in [3.05, 3.63) is 82.9 Å². The maximum atomic E-state index is 6.29. The normalized spacial score (nSPS) is 21.9. The highest BCUT2D eigenvalue weighted by molar-refractivity contribution is 7.80. The lowest BCUT2D eigenvalue weighted by Crippen LogP contribution is -2.38. The summed E-state index contributed by atoms with van der Waals surface area (Å²) in [6, 6.07) is 17.2. The second-order valence-corrected chi connectivity index (χ2v) is 9.00. The van der Waals surface area contributed by atoms with Gasteiger partial charge in [-0.05, 0) is 80.0 Å². The van der Waals surface area contributed by atoms with Gasteiger partial charge in [0.15, 0.2) is 5.11 Å². The van der Waals surface area contributed by atoms with Crippen LogP contribution in [-0.4, -0.2) is 25.6 Å². The summed E-state index contributed by atoms with van der Waals surface area (Å²) >= 11 is 12.2. The van der Waals surface area contributed by atoms with E-state index in [4.69, 9.17) is 23.8 Å². The monoisotopic (exact) mass is 436 g/mol. The molecule has 1 aliphatic heterocycles. The molecule has 2 atom stereocenters. The molecule has 1 aliphatic carbocycles. The Morgan fingerprint density at radius 2 is 1.93 bits per heavy atom. The van der Waals surface area contributed by atoms with Crippen LogP contribution < -0.4 is 5.32 Å². The zero-order valence-corrected chi connectivity index (χ0v) is 18.5. The lowest BCUT2D eigenvalue weighted by atomic mass is 9.99. The minimum atomic E-state index is 0.0151. The van der Waals surface area contributed by atoms with Crippen molar-refractivity contribution in [2.24, 2.45) is 0 Å². The topological polar surface area (TPSA) is 33.1 Å². The summed E-state index contributed by atoms with van der Waals surface area (Å²) in [5.41, 5.74) is 4.42. The summed E-state index contributed by atoms with van der Waals surface area (Å²) in [5.74, 6) is 0. The first kappa shape index (κ1) is 19.6. The Hall–Kier alpha value is -2.37. The van der Waals surface area contributed by atoms with Crippen LogP contribution in [0, 0.1) is 6.92 Å². The Balaban J connectivity index is 1.62. The fraction of sp³-hybridized carbons (Fsp3) is 0.333. The van der Waals surface area contributed by atoms with E-state index in [0.29, 0.717) is 6.04 Å². The lowest BCUT2D eigenvalue weighted by Gasteiger charge is -2.33. The molecular weight excluding hydrogens is 412 g/mol. The molecule has 1 saturated heterocycles. The first-order valence-electron chi connectivity index (χ1n) is 10.6. The molecule has 2 fully saturated rings. The van der Waals surface area contributed by atoms with Crippen molar-refractivity contribution < 1.29 is 0 Å². The minimum absolute atomic E-state index is 0.0151. The van der Waals surface area contributed by atoms with Gasteiger partial charge >= 0.3 is 0 Å². The summed E-state index contributed by atoms with van der Waals surface area (Å²) in [7, 11) is 0. The van der Waals surface area contributed by atoms with Crippen LogP contribution in [0.3, 0.4) is 0 Å². The molecule has 1 saturated carbocycles. The van der Waals surface area contributed by atoms with Gasteiger partial charge in [0.25, 0.3) is 0 Å². The van der Waals surface area contributed by atoms with E-state index in [9.17, 15) is 0 Å². The molecule has 5 rings (SSSR count). The number of hydrogen-bond donors (Lipinski definition) is 1. The Labute approximate surface area is 187 Å². The van der Waals surface area contributed by atoms with Gasteiger partial charge in [0, 0.05) is 34.8 Å². The molecule has 0 amide bonds. The Morgan fingerprint density at radius 1 is 1.10 bits per heavy atom. The number of halogens is 1. The van der Waals surface area contributed by atoms with Crippen LogP contribution in [0.15, 0.2) is 60.9 Å². The Kier molecular flexibility index (Phi) is 5.25. The number of rotatable bonds is 4. The fourth-order valence-electron chi connectivity index (χ4n) is 4.91. The van der Waals surface area contributed by atoms with Crippen molar-refractivity contribution >= 4 is 28.9 Å². The van der Waals surface area contributed by atoms with Crippen LogP contribution in [-0.2, 0) is 0 Å². The van der Waals surface area contributed by atoms with Crippen molar-refractivity contribution in [1.82, 2.24) is 19.8 Å². The van der Waals surface area contributed by atoms with E-state index in [-0.39, 0.29) is 12.1 Å². The molecule has 0 spiro atoms. The second-order valence-electron chi connectivity index (χ2n) is 8.21. The number of aromatic nitrogens is 2. The number of aryl methyl sites for hydroxylation is 1. The average molecular weight is 437 g/mol. The SMILES string of the molecule is Cc1cc(-n2cccc2[C@@H]2[C@H](c3ccccn3)NC(=S)N2C2CCCC2)ccc1Cl. The van der Waals surface area contributed by atoms with Crippen LogP contribution >= 0.6 is 23.8 Å². The number of pyridine rings is 1. The van der Waals surface area contributed by atoms with Crippen LogP contribution in [0.25, 0.3) is 5.69 Å². The first-order valence-corrected chi connectivity index (χ1v) is 11.4. The molecule has 4 nitrogen and oxygen atoms in total. The molecule has 3 heterocycles. The molecule has 1 aromatic carbocycles. The van der Waals surface area contributed by atoms with Gasteiger partial charge in [0.05, 0.1) is 17.8 Å². The van der Waals surface area contributed by atoms with Crippen molar-refractivity contribution in [3.8, 4) is 5.69 Å². The zero-order chi connectivity index (χ0) is 20.7.